The Hall–Kier alpha value is -2.61. The molecule has 4 rings (SSSR count). The molecule has 142 valence electrons. The zero-order chi connectivity index (χ0) is 19.1. The number of thiazole rings is 1. The van der Waals surface area contributed by atoms with E-state index in [-0.39, 0.29) is 17.7 Å². The molecule has 2 aromatic heterocycles. The van der Waals surface area contributed by atoms with Crippen LogP contribution < -0.4 is 5.32 Å². The van der Waals surface area contributed by atoms with E-state index < -0.39 is 0 Å². The highest BCUT2D eigenvalue weighted by atomic mass is 32.1. The maximum Gasteiger partial charge on any atom is 0.219 e. The number of piperidine rings is 1. The highest BCUT2D eigenvalue weighted by molar-refractivity contribution is 7.22. The fourth-order valence-corrected chi connectivity index (χ4v) is 4.59. The Kier molecular flexibility index (Phi) is 4.51. The highest BCUT2D eigenvalue weighted by Crippen LogP contribution is 2.31. The summed E-state index contributed by atoms with van der Waals surface area (Å²) in [7, 11) is 0. The number of amides is 1. The van der Waals surface area contributed by atoms with Gasteiger partial charge in [0.05, 0.1) is 10.9 Å². The molecule has 3 heterocycles. The molecule has 1 unspecified atom stereocenters. The van der Waals surface area contributed by atoms with Gasteiger partial charge in [-0.3, -0.25) is 4.79 Å². The summed E-state index contributed by atoms with van der Waals surface area (Å²) in [5.74, 6) is 0.336. The number of phenols is 1. The van der Waals surface area contributed by atoms with Gasteiger partial charge in [0.2, 0.25) is 5.91 Å². The summed E-state index contributed by atoms with van der Waals surface area (Å²) in [6.07, 6.45) is 3.92. The second-order valence-electron chi connectivity index (χ2n) is 7.18. The Balaban J connectivity index is 1.55. The summed E-state index contributed by atoms with van der Waals surface area (Å²) in [6, 6.07) is 3.98. The van der Waals surface area contributed by atoms with Crippen LogP contribution in [0.3, 0.4) is 0 Å². The average Bonchev–Trinajstić information content (AvgIpc) is 3.12. The van der Waals surface area contributed by atoms with Gasteiger partial charge in [-0.25, -0.2) is 4.68 Å². The molecule has 1 aromatic carbocycles. The maximum atomic E-state index is 11.6. The van der Waals surface area contributed by atoms with Crippen molar-refractivity contribution in [2.75, 3.05) is 18.4 Å². The number of hydrogen-bond donors (Lipinski definition) is 2. The van der Waals surface area contributed by atoms with Crippen LogP contribution in [0.25, 0.3) is 16.0 Å². The average molecular weight is 385 g/mol. The van der Waals surface area contributed by atoms with Gasteiger partial charge in [-0.05, 0) is 43.9 Å². The largest absolute Gasteiger partial charge is 0.506 e. The Morgan fingerprint density at radius 2 is 2.19 bits per heavy atom. The molecular formula is C19H23N5O2S. The van der Waals surface area contributed by atoms with E-state index in [2.05, 4.69) is 15.4 Å². The number of aromatic hydroxyl groups is 1. The summed E-state index contributed by atoms with van der Waals surface area (Å²) in [5.41, 5.74) is 3.32. The SMILES string of the molecule is CC(=O)N1CCCC(Nc2nc3nn(-c4c(C)cc(C)cc4O)cc3s2)C1. The number of fused-ring (bicyclic) bond motifs is 1. The quantitative estimate of drug-likeness (QED) is 0.723. The van der Waals surface area contributed by atoms with E-state index in [0.29, 0.717) is 17.9 Å². The zero-order valence-electron chi connectivity index (χ0n) is 15.7. The van der Waals surface area contributed by atoms with Crippen LogP contribution in [0.2, 0.25) is 0 Å². The van der Waals surface area contributed by atoms with E-state index in [1.165, 1.54) is 0 Å². The lowest BCUT2D eigenvalue weighted by molar-refractivity contribution is -0.129. The van der Waals surface area contributed by atoms with Crippen LogP contribution in [0.1, 0.15) is 30.9 Å². The lowest BCUT2D eigenvalue weighted by atomic mass is 10.1. The normalized spacial score (nSPS) is 17.4. The van der Waals surface area contributed by atoms with E-state index in [1.54, 1.807) is 29.0 Å². The smallest absolute Gasteiger partial charge is 0.219 e. The molecule has 2 N–H and O–H groups in total. The van der Waals surface area contributed by atoms with Crippen LogP contribution in [0.5, 0.6) is 5.75 Å². The molecule has 0 spiro atoms. The number of aryl methyl sites for hydroxylation is 2. The van der Waals surface area contributed by atoms with Crippen molar-refractivity contribution < 1.29 is 9.90 Å². The van der Waals surface area contributed by atoms with Crippen molar-refractivity contribution in [1.29, 1.82) is 0 Å². The number of anilines is 1. The first-order valence-corrected chi connectivity index (χ1v) is 9.91. The third-order valence-electron chi connectivity index (χ3n) is 4.92. The Morgan fingerprint density at radius 1 is 1.37 bits per heavy atom. The first kappa shape index (κ1) is 17.8. The number of likely N-dealkylation sites (tertiary alicyclic amines) is 1. The van der Waals surface area contributed by atoms with Crippen molar-refractivity contribution in [2.45, 2.75) is 39.7 Å². The zero-order valence-corrected chi connectivity index (χ0v) is 16.5. The first-order chi connectivity index (χ1) is 12.9. The Morgan fingerprint density at radius 3 is 2.89 bits per heavy atom. The van der Waals surface area contributed by atoms with Crippen molar-refractivity contribution in [2.24, 2.45) is 0 Å². The fraction of sp³-hybridized carbons (Fsp3) is 0.421. The van der Waals surface area contributed by atoms with Crippen LogP contribution >= 0.6 is 11.3 Å². The number of carbonyl (C=O) groups is 1. The number of nitrogens with zero attached hydrogens (tertiary/aromatic N) is 4. The van der Waals surface area contributed by atoms with Gasteiger partial charge in [-0.2, -0.15) is 4.98 Å². The van der Waals surface area contributed by atoms with Gasteiger partial charge in [0.25, 0.3) is 0 Å². The van der Waals surface area contributed by atoms with Gasteiger partial charge in [-0.15, -0.1) is 5.10 Å². The molecule has 1 saturated heterocycles. The van der Waals surface area contributed by atoms with Crippen LogP contribution in [0.15, 0.2) is 18.3 Å². The van der Waals surface area contributed by atoms with Crippen molar-refractivity contribution >= 4 is 32.7 Å². The third-order valence-corrected chi connectivity index (χ3v) is 5.83. The van der Waals surface area contributed by atoms with Crippen LogP contribution in [-0.4, -0.2) is 49.8 Å². The Labute approximate surface area is 161 Å². The molecule has 3 aromatic rings. The topological polar surface area (TPSA) is 83.3 Å². The fourth-order valence-electron chi connectivity index (χ4n) is 3.69. The van der Waals surface area contributed by atoms with Crippen molar-refractivity contribution in [3.8, 4) is 11.4 Å². The van der Waals surface area contributed by atoms with Crippen molar-refractivity contribution in [3.63, 3.8) is 0 Å². The lowest BCUT2D eigenvalue weighted by Gasteiger charge is -2.32. The lowest BCUT2D eigenvalue weighted by Crippen LogP contribution is -2.44. The van der Waals surface area contributed by atoms with Gasteiger partial charge < -0.3 is 15.3 Å². The number of rotatable bonds is 3. The van der Waals surface area contributed by atoms with E-state index >= 15 is 0 Å². The monoisotopic (exact) mass is 385 g/mol. The molecule has 1 atom stereocenters. The minimum atomic E-state index is 0.121. The Bertz CT molecular complexity index is 954. The summed E-state index contributed by atoms with van der Waals surface area (Å²) >= 11 is 1.54. The summed E-state index contributed by atoms with van der Waals surface area (Å²) in [4.78, 5) is 18.1. The molecule has 0 saturated carbocycles. The molecule has 0 radical (unpaired) electrons. The molecule has 1 amide bonds. The van der Waals surface area contributed by atoms with E-state index in [0.717, 1.165) is 40.3 Å². The van der Waals surface area contributed by atoms with Gasteiger partial charge in [0, 0.05) is 26.1 Å². The maximum absolute atomic E-state index is 11.6. The molecule has 1 fully saturated rings. The molecule has 27 heavy (non-hydrogen) atoms. The number of hydrogen-bond acceptors (Lipinski definition) is 6. The number of phenolic OH excluding ortho intramolecular Hbond substituents is 1. The molecule has 8 heteroatoms. The van der Waals surface area contributed by atoms with E-state index in [9.17, 15) is 9.90 Å². The highest BCUT2D eigenvalue weighted by Gasteiger charge is 2.22. The van der Waals surface area contributed by atoms with Crippen LogP contribution in [0.4, 0.5) is 5.13 Å². The molecule has 1 aliphatic heterocycles. The summed E-state index contributed by atoms with van der Waals surface area (Å²) in [6.45, 7) is 7.08. The second-order valence-corrected chi connectivity index (χ2v) is 8.21. The molecule has 1 aliphatic rings. The van der Waals surface area contributed by atoms with E-state index in [4.69, 9.17) is 0 Å². The predicted octanol–water partition coefficient (Wildman–Crippen LogP) is 3.23. The second kappa shape index (κ2) is 6.84. The third kappa shape index (κ3) is 3.49. The number of carbonyl (C=O) groups excluding carboxylic acids is 1. The first-order valence-electron chi connectivity index (χ1n) is 9.09. The summed E-state index contributed by atoms with van der Waals surface area (Å²) < 4.78 is 2.65. The van der Waals surface area contributed by atoms with Crippen molar-refractivity contribution in [3.05, 3.63) is 29.5 Å². The van der Waals surface area contributed by atoms with Crippen LogP contribution in [-0.2, 0) is 4.79 Å². The van der Waals surface area contributed by atoms with Gasteiger partial charge in [-0.1, -0.05) is 17.4 Å². The van der Waals surface area contributed by atoms with Crippen molar-refractivity contribution in [1.82, 2.24) is 19.7 Å². The number of benzene rings is 1. The number of nitrogens with one attached hydrogen (secondary N) is 1. The molecule has 0 aliphatic carbocycles. The minimum Gasteiger partial charge on any atom is -0.506 e. The van der Waals surface area contributed by atoms with Gasteiger partial charge >= 0.3 is 0 Å². The predicted molar refractivity (Wildman–Crippen MR) is 107 cm³/mol. The standard InChI is InChI=1S/C19H23N5O2S/c1-11-7-12(2)17(15(26)8-11)24-10-16-18(22-24)21-19(27-16)20-14-5-4-6-23(9-14)13(3)25/h7-8,10,14,26H,4-6,9H2,1-3H3,(H,20,21,22). The van der Waals surface area contributed by atoms with Gasteiger partial charge in [0.1, 0.15) is 11.4 Å². The molecule has 0 bridgehead atoms. The van der Waals surface area contributed by atoms with Crippen LogP contribution in [0, 0.1) is 13.8 Å². The molecule has 7 nitrogen and oxygen atoms in total. The van der Waals surface area contributed by atoms with E-state index in [1.807, 2.05) is 31.0 Å². The molecular weight excluding hydrogens is 362 g/mol. The number of aromatic nitrogens is 3. The van der Waals surface area contributed by atoms with Gasteiger partial charge in [0.15, 0.2) is 10.8 Å². The minimum absolute atomic E-state index is 0.121. The summed E-state index contributed by atoms with van der Waals surface area (Å²) in [5, 5.41) is 19.1.